The van der Waals surface area contributed by atoms with Crippen LogP contribution in [0.15, 0.2) is 30.8 Å². The molecule has 13 heavy (non-hydrogen) atoms. The van der Waals surface area contributed by atoms with Crippen LogP contribution in [0.3, 0.4) is 0 Å². The minimum atomic E-state index is 0.774. The molecule has 0 amide bonds. The Hall–Kier alpha value is -1.44. The summed E-state index contributed by atoms with van der Waals surface area (Å²) in [5, 5.41) is 3.21. The van der Waals surface area contributed by atoms with Crippen LogP contribution in [0.25, 0.3) is 5.70 Å². The van der Waals surface area contributed by atoms with Crippen molar-refractivity contribution in [1.82, 2.24) is 5.32 Å². The van der Waals surface area contributed by atoms with Gasteiger partial charge in [-0.15, -0.1) is 0 Å². The highest BCUT2D eigenvalue weighted by Crippen LogP contribution is 2.16. The fourth-order valence-electron chi connectivity index (χ4n) is 1.14. The molecule has 0 atom stereocenters. The largest absolute Gasteiger partial charge is 0.398 e. The number of hydrogen-bond acceptors (Lipinski definition) is 2. The molecule has 0 spiro atoms. The molecule has 0 aliphatic rings. The van der Waals surface area contributed by atoms with E-state index in [0.29, 0.717) is 0 Å². The first-order chi connectivity index (χ1) is 6.25. The maximum absolute atomic E-state index is 5.79. The van der Waals surface area contributed by atoms with Crippen LogP contribution in [0.2, 0.25) is 0 Å². The molecule has 0 radical (unpaired) electrons. The first-order valence-electron chi connectivity index (χ1n) is 4.53. The molecule has 0 unspecified atom stereocenters. The van der Waals surface area contributed by atoms with Gasteiger partial charge in [-0.1, -0.05) is 31.7 Å². The Morgan fingerprint density at radius 2 is 2.15 bits per heavy atom. The number of benzene rings is 1. The number of para-hydroxylation sites is 1. The monoisotopic (exact) mass is 176 g/mol. The fraction of sp³-hybridized carbons (Fsp3) is 0.273. The van der Waals surface area contributed by atoms with Gasteiger partial charge in [0.05, 0.1) is 0 Å². The van der Waals surface area contributed by atoms with Crippen molar-refractivity contribution in [2.75, 3.05) is 12.3 Å². The normalized spacial score (nSPS) is 9.62. The average Bonchev–Trinajstić information content (AvgIpc) is 2.15. The summed E-state index contributed by atoms with van der Waals surface area (Å²) < 4.78 is 0. The van der Waals surface area contributed by atoms with Crippen molar-refractivity contribution in [2.45, 2.75) is 13.3 Å². The Morgan fingerprint density at radius 3 is 2.77 bits per heavy atom. The molecule has 0 bridgehead atoms. The molecular formula is C11H16N2. The predicted octanol–water partition coefficient (Wildman–Crippen LogP) is 2.24. The van der Waals surface area contributed by atoms with Crippen LogP contribution < -0.4 is 11.1 Å². The minimum Gasteiger partial charge on any atom is -0.398 e. The third-order valence-corrected chi connectivity index (χ3v) is 1.87. The molecule has 0 aromatic heterocycles. The molecule has 70 valence electrons. The lowest BCUT2D eigenvalue weighted by Crippen LogP contribution is -2.12. The summed E-state index contributed by atoms with van der Waals surface area (Å²) >= 11 is 0. The lowest BCUT2D eigenvalue weighted by Gasteiger charge is -2.10. The summed E-state index contributed by atoms with van der Waals surface area (Å²) in [4.78, 5) is 0. The highest BCUT2D eigenvalue weighted by molar-refractivity contribution is 5.72. The summed E-state index contributed by atoms with van der Waals surface area (Å²) in [5.41, 5.74) is 8.47. The molecule has 0 aliphatic carbocycles. The van der Waals surface area contributed by atoms with Crippen LogP contribution in [0.1, 0.15) is 18.9 Å². The summed E-state index contributed by atoms with van der Waals surface area (Å²) in [6, 6.07) is 7.74. The molecule has 1 rings (SSSR count). The van der Waals surface area contributed by atoms with Crippen molar-refractivity contribution in [2.24, 2.45) is 0 Å². The highest BCUT2D eigenvalue weighted by atomic mass is 14.9. The first-order valence-corrected chi connectivity index (χ1v) is 4.53. The lowest BCUT2D eigenvalue weighted by atomic mass is 10.1. The Morgan fingerprint density at radius 1 is 1.46 bits per heavy atom. The molecule has 1 aromatic rings. The second-order valence-corrected chi connectivity index (χ2v) is 2.99. The van der Waals surface area contributed by atoms with Crippen molar-refractivity contribution < 1.29 is 0 Å². The number of nitrogens with two attached hydrogens (primary N) is 1. The van der Waals surface area contributed by atoms with Gasteiger partial charge in [-0.2, -0.15) is 0 Å². The van der Waals surface area contributed by atoms with E-state index in [1.807, 2.05) is 24.3 Å². The van der Waals surface area contributed by atoms with Crippen LogP contribution in [-0.4, -0.2) is 6.54 Å². The van der Waals surface area contributed by atoms with Crippen LogP contribution in [-0.2, 0) is 0 Å². The van der Waals surface area contributed by atoms with Crippen molar-refractivity contribution in [3.05, 3.63) is 36.4 Å². The number of rotatable bonds is 4. The van der Waals surface area contributed by atoms with Gasteiger partial charge in [0.25, 0.3) is 0 Å². The van der Waals surface area contributed by atoms with Crippen LogP contribution in [0, 0.1) is 0 Å². The van der Waals surface area contributed by atoms with E-state index >= 15 is 0 Å². The number of hydrogen-bond donors (Lipinski definition) is 2. The van der Waals surface area contributed by atoms with E-state index < -0.39 is 0 Å². The summed E-state index contributed by atoms with van der Waals surface area (Å²) in [5.74, 6) is 0. The van der Waals surface area contributed by atoms with Crippen molar-refractivity contribution in [3.63, 3.8) is 0 Å². The van der Waals surface area contributed by atoms with Crippen molar-refractivity contribution in [1.29, 1.82) is 0 Å². The summed E-state index contributed by atoms with van der Waals surface area (Å²) in [7, 11) is 0. The van der Waals surface area contributed by atoms with Gasteiger partial charge < -0.3 is 11.1 Å². The van der Waals surface area contributed by atoms with E-state index in [1.165, 1.54) is 0 Å². The van der Waals surface area contributed by atoms with Gasteiger partial charge in [0.2, 0.25) is 0 Å². The molecule has 0 heterocycles. The highest BCUT2D eigenvalue weighted by Gasteiger charge is 2.00. The Balaban J connectivity index is 2.71. The SMILES string of the molecule is C=C(NCCC)c1ccccc1N. The Kier molecular flexibility index (Phi) is 3.38. The summed E-state index contributed by atoms with van der Waals surface area (Å²) in [6.07, 6.45) is 1.09. The molecule has 1 aromatic carbocycles. The molecule has 0 saturated carbocycles. The standard InChI is InChI=1S/C11H16N2/c1-3-8-13-9(2)10-6-4-5-7-11(10)12/h4-7,13H,2-3,8,12H2,1H3. The van der Waals surface area contributed by atoms with E-state index in [4.69, 9.17) is 5.73 Å². The molecule has 0 aliphatic heterocycles. The summed E-state index contributed by atoms with van der Waals surface area (Å²) in [6.45, 7) is 6.99. The van der Waals surface area contributed by atoms with E-state index in [2.05, 4.69) is 18.8 Å². The number of anilines is 1. The Labute approximate surface area is 79.5 Å². The van der Waals surface area contributed by atoms with Gasteiger partial charge in [-0.25, -0.2) is 0 Å². The quantitative estimate of drug-likeness (QED) is 0.690. The van der Waals surface area contributed by atoms with E-state index in [1.54, 1.807) is 0 Å². The third kappa shape index (κ3) is 2.51. The Bertz CT molecular complexity index is 292. The predicted molar refractivity (Wildman–Crippen MR) is 58.2 cm³/mol. The fourth-order valence-corrected chi connectivity index (χ4v) is 1.14. The van der Waals surface area contributed by atoms with Gasteiger partial charge >= 0.3 is 0 Å². The first kappa shape index (κ1) is 9.65. The maximum Gasteiger partial charge on any atom is 0.0408 e. The van der Waals surface area contributed by atoms with Gasteiger partial charge in [-0.3, -0.25) is 0 Å². The zero-order valence-electron chi connectivity index (χ0n) is 8.01. The number of nitrogen functional groups attached to an aromatic ring is 1. The van der Waals surface area contributed by atoms with Crippen molar-refractivity contribution >= 4 is 11.4 Å². The van der Waals surface area contributed by atoms with E-state index in [9.17, 15) is 0 Å². The smallest absolute Gasteiger partial charge is 0.0408 e. The molecule has 0 saturated heterocycles. The lowest BCUT2D eigenvalue weighted by molar-refractivity contribution is 0.825. The number of nitrogens with one attached hydrogen (secondary N) is 1. The van der Waals surface area contributed by atoms with Gasteiger partial charge in [-0.05, 0) is 12.5 Å². The van der Waals surface area contributed by atoms with E-state index in [-0.39, 0.29) is 0 Å². The molecule has 0 fully saturated rings. The van der Waals surface area contributed by atoms with Crippen molar-refractivity contribution in [3.8, 4) is 0 Å². The molecule has 2 nitrogen and oxygen atoms in total. The zero-order valence-corrected chi connectivity index (χ0v) is 8.01. The van der Waals surface area contributed by atoms with Gasteiger partial charge in [0.15, 0.2) is 0 Å². The second kappa shape index (κ2) is 4.55. The molecule has 3 N–H and O–H groups in total. The van der Waals surface area contributed by atoms with Crippen LogP contribution >= 0.6 is 0 Å². The zero-order chi connectivity index (χ0) is 9.68. The van der Waals surface area contributed by atoms with Crippen LogP contribution in [0.5, 0.6) is 0 Å². The third-order valence-electron chi connectivity index (χ3n) is 1.87. The van der Waals surface area contributed by atoms with Gasteiger partial charge in [0.1, 0.15) is 0 Å². The van der Waals surface area contributed by atoms with E-state index in [0.717, 1.165) is 29.9 Å². The maximum atomic E-state index is 5.79. The minimum absolute atomic E-state index is 0.774. The van der Waals surface area contributed by atoms with Crippen LogP contribution in [0.4, 0.5) is 5.69 Å². The molecular weight excluding hydrogens is 160 g/mol. The average molecular weight is 176 g/mol. The van der Waals surface area contributed by atoms with Gasteiger partial charge in [0, 0.05) is 23.5 Å². The second-order valence-electron chi connectivity index (χ2n) is 2.99. The molecule has 2 heteroatoms. The topological polar surface area (TPSA) is 38.0 Å².